The van der Waals surface area contributed by atoms with Crippen molar-refractivity contribution >= 4 is 0 Å². The van der Waals surface area contributed by atoms with Gasteiger partial charge in [-0.1, -0.05) is 6.07 Å². The van der Waals surface area contributed by atoms with Gasteiger partial charge in [0.05, 0.1) is 6.26 Å². The van der Waals surface area contributed by atoms with Crippen LogP contribution in [-0.4, -0.2) is 23.4 Å². The van der Waals surface area contributed by atoms with E-state index in [4.69, 9.17) is 9.15 Å². The third-order valence-corrected chi connectivity index (χ3v) is 2.84. The zero-order valence-corrected chi connectivity index (χ0v) is 11.2. The van der Waals surface area contributed by atoms with Gasteiger partial charge in [-0.05, 0) is 42.8 Å². The molecule has 5 nitrogen and oxygen atoms in total. The highest BCUT2D eigenvalue weighted by atomic mass is 16.5. The molecule has 0 fully saturated rings. The number of benzene rings is 1. The quantitative estimate of drug-likeness (QED) is 0.510. The van der Waals surface area contributed by atoms with Crippen LogP contribution in [-0.2, 0) is 17.9 Å². The molecule has 0 saturated heterocycles. The standard InChI is InChI=1S/C15H19NO4/c17-14-5-4-12(9-15(14)18)10-16-6-2-7-19-11-13-3-1-8-20-13/h1,3-5,8-9,16-18H,2,6-7,10-11H2. The molecule has 1 heterocycles. The Labute approximate surface area is 117 Å². The van der Waals surface area contributed by atoms with Crippen molar-refractivity contribution in [3.63, 3.8) is 0 Å². The number of hydrogen-bond donors (Lipinski definition) is 3. The maximum absolute atomic E-state index is 9.36. The summed E-state index contributed by atoms with van der Waals surface area (Å²) in [7, 11) is 0. The molecule has 0 bridgehead atoms. The van der Waals surface area contributed by atoms with Gasteiger partial charge in [0, 0.05) is 13.2 Å². The van der Waals surface area contributed by atoms with Crippen LogP contribution in [0.1, 0.15) is 17.7 Å². The van der Waals surface area contributed by atoms with E-state index < -0.39 is 0 Å². The Hall–Kier alpha value is -1.98. The molecule has 0 aliphatic heterocycles. The minimum atomic E-state index is -0.0972. The van der Waals surface area contributed by atoms with E-state index in [1.807, 2.05) is 12.1 Å². The Bertz CT molecular complexity index is 511. The second-order valence-corrected chi connectivity index (χ2v) is 4.49. The summed E-state index contributed by atoms with van der Waals surface area (Å²) in [6.07, 6.45) is 2.53. The Morgan fingerprint density at radius 2 is 2.05 bits per heavy atom. The molecule has 0 aliphatic rings. The molecule has 0 atom stereocenters. The molecule has 0 spiro atoms. The lowest BCUT2D eigenvalue weighted by atomic mass is 10.2. The van der Waals surface area contributed by atoms with Crippen molar-refractivity contribution in [2.75, 3.05) is 13.2 Å². The summed E-state index contributed by atoms with van der Waals surface area (Å²) in [4.78, 5) is 0. The molecule has 1 aromatic heterocycles. The topological polar surface area (TPSA) is 74.9 Å². The first kappa shape index (κ1) is 14.4. The molecule has 2 rings (SSSR count). The lowest BCUT2D eigenvalue weighted by Crippen LogP contribution is -2.16. The van der Waals surface area contributed by atoms with Crippen molar-refractivity contribution in [2.24, 2.45) is 0 Å². The van der Waals surface area contributed by atoms with Crippen molar-refractivity contribution in [2.45, 2.75) is 19.6 Å². The number of rotatable bonds is 8. The van der Waals surface area contributed by atoms with E-state index in [2.05, 4.69) is 5.32 Å². The van der Waals surface area contributed by atoms with Gasteiger partial charge in [0.25, 0.3) is 0 Å². The van der Waals surface area contributed by atoms with Crippen molar-refractivity contribution in [3.8, 4) is 11.5 Å². The maximum atomic E-state index is 9.36. The predicted octanol–water partition coefficient (Wildman–Crippen LogP) is 2.39. The molecule has 5 heteroatoms. The maximum Gasteiger partial charge on any atom is 0.157 e. The van der Waals surface area contributed by atoms with Crippen molar-refractivity contribution in [1.82, 2.24) is 5.32 Å². The second-order valence-electron chi connectivity index (χ2n) is 4.49. The van der Waals surface area contributed by atoms with Gasteiger partial charge in [0.15, 0.2) is 11.5 Å². The fourth-order valence-electron chi connectivity index (χ4n) is 1.78. The molecule has 108 valence electrons. The highest BCUT2D eigenvalue weighted by Crippen LogP contribution is 2.24. The van der Waals surface area contributed by atoms with Gasteiger partial charge in [-0.2, -0.15) is 0 Å². The summed E-state index contributed by atoms with van der Waals surface area (Å²) >= 11 is 0. The summed E-state index contributed by atoms with van der Waals surface area (Å²) in [6.45, 7) is 2.62. The summed E-state index contributed by atoms with van der Waals surface area (Å²) in [6, 6.07) is 8.53. The van der Waals surface area contributed by atoms with Crippen LogP contribution in [0.25, 0.3) is 0 Å². The van der Waals surface area contributed by atoms with E-state index >= 15 is 0 Å². The first-order valence-electron chi connectivity index (χ1n) is 6.57. The van der Waals surface area contributed by atoms with Gasteiger partial charge in [-0.15, -0.1) is 0 Å². The Morgan fingerprint density at radius 1 is 1.15 bits per heavy atom. The third kappa shape index (κ3) is 4.60. The largest absolute Gasteiger partial charge is 0.504 e. The van der Waals surface area contributed by atoms with Gasteiger partial charge >= 0.3 is 0 Å². The van der Waals surface area contributed by atoms with Crippen molar-refractivity contribution in [1.29, 1.82) is 0 Å². The van der Waals surface area contributed by atoms with Gasteiger partial charge in [-0.3, -0.25) is 0 Å². The number of phenols is 2. The van der Waals surface area contributed by atoms with E-state index in [0.29, 0.717) is 19.8 Å². The van der Waals surface area contributed by atoms with E-state index in [0.717, 1.165) is 24.3 Å². The number of aromatic hydroxyl groups is 2. The SMILES string of the molecule is Oc1ccc(CNCCCOCc2ccco2)cc1O. The normalized spacial score (nSPS) is 10.8. The molecule has 0 amide bonds. The number of furan rings is 1. The lowest BCUT2D eigenvalue weighted by Gasteiger charge is -2.06. The second kappa shape index (κ2) is 7.57. The molecule has 0 radical (unpaired) electrons. The highest BCUT2D eigenvalue weighted by Gasteiger charge is 2.00. The fraction of sp³-hybridized carbons (Fsp3) is 0.333. The minimum absolute atomic E-state index is 0.0916. The third-order valence-electron chi connectivity index (χ3n) is 2.84. The average Bonchev–Trinajstić information content (AvgIpc) is 2.95. The van der Waals surface area contributed by atoms with Crippen molar-refractivity contribution in [3.05, 3.63) is 47.9 Å². The summed E-state index contributed by atoms with van der Waals surface area (Å²) in [5.74, 6) is 0.642. The molecular weight excluding hydrogens is 258 g/mol. The molecule has 20 heavy (non-hydrogen) atoms. The fourth-order valence-corrected chi connectivity index (χ4v) is 1.78. The molecule has 3 N–H and O–H groups in total. The Balaban J connectivity index is 1.54. The van der Waals surface area contributed by atoms with Crippen LogP contribution >= 0.6 is 0 Å². The van der Waals surface area contributed by atoms with E-state index in [1.54, 1.807) is 18.4 Å². The van der Waals surface area contributed by atoms with Crippen LogP contribution in [0.5, 0.6) is 11.5 Å². The molecule has 0 aliphatic carbocycles. The molecule has 1 aromatic carbocycles. The molecule has 0 saturated carbocycles. The smallest absolute Gasteiger partial charge is 0.157 e. The predicted molar refractivity (Wildman–Crippen MR) is 74.5 cm³/mol. The Morgan fingerprint density at radius 3 is 2.80 bits per heavy atom. The monoisotopic (exact) mass is 277 g/mol. The number of phenolic OH excluding ortho intramolecular Hbond substituents is 2. The zero-order chi connectivity index (χ0) is 14.2. The molecular formula is C15H19NO4. The van der Waals surface area contributed by atoms with Gasteiger partial charge in [0.2, 0.25) is 0 Å². The highest BCUT2D eigenvalue weighted by molar-refractivity contribution is 5.40. The van der Waals surface area contributed by atoms with E-state index in [-0.39, 0.29) is 11.5 Å². The van der Waals surface area contributed by atoms with Crippen LogP contribution in [0.3, 0.4) is 0 Å². The number of nitrogens with one attached hydrogen (secondary N) is 1. The summed E-state index contributed by atoms with van der Waals surface area (Å²) in [5, 5.41) is 21.8. The summed E-state index contributed by atoms with van der Waals surface area (Å²) in [5.41, 5.74) is 0.928. The lowest BCUT2D eigenvalue weighted by molar-refractivity contribution is 0.104. The molecule has 2 aromatic rings. The first-order chi connectivity index (χ1) is 9.75. The van der Waals surface area contributed by atoms with E-state index in [9.17, 15) is 10.2 Å². The van der Waals surface area contributed by atoms with Crippen LogP contribution in [0.4, 0.5) is 0 Å². The van der Waals surface area contributed by atoms with Crippen molar-refractivity contribution < 1.29 is 19.4 Å². The van der Waals surface area contributed by atoms with Crippen LogP contribution in [0, 0.1) is 0 Å². The zero-order valence-electron chi connectivity index (χ0n) is 11.2. The van der Waals surface area contributed by atoms with Gasteiger partial charge in [-0.25, -0.2) is 0 Å². The van der Waals surface area contributed by atoms with E-state index in [1.165, 1.54) is 6.07 Å². The van der Waals surface area contributed by atoms with Gasteiger partial charge in [0.1, 0.15) is 12.4 Å². The minimum Gasteiger partial charge on any atom is -0.504 e. The van der Waals surface area contributed by atoms with Gasteiger partial charge < -0.3 is 24.7 Å². The average molecular weight is 277 g/mol. The van der Waals surface area contributed by atoms with Crippen LogP contribution in [0.2, 0.25) is 0 Å². The number of ether oxygens (including phenoxy) is 1. The Kier molecular flexibility index (Phi) is 5.46. The van der Waals surface area contributed by atoms with Crippen LogP contribution < -0.4 is 5.32 Å². The van der Waals surface area contributed by atoms with Crippen LogP contribution in [0.15, 0.2) is 41.0 Å². The summed E-state index contributed by atoms with van der Waals surface area (Å²) < 4.78 is 10.6. The molecule has 0 unspecified atom stereocenters. The first-order valence-corrected chi connectivity index (χ1v) is 6.57. The number of hydrogen-bond acceptors (Lipinski definition) is 5.